The van der Waals surface area contributed by atoms with Crippen molar-refractivity contribution < 1.29 is 19.1 Å². The third kappa shape index (κ3) is 4.31. The van der Waals surface area contributed by atoms with E-state index in [2.05, 4.69) is 10.3 Å². The fraction of sp³-hybridized carbons (Fsp3) is 0.133. The first kappa shape index (κ1) is 14.5. The zero-order valence-electron chi connectivity index (χ0n) is 11.4. The number of amides is 1. The van der Waals surface area contributed by atoms with Gasteiger partial charge in [0.1, 0.15) is 12.2 Å². The van der Waals surface area contributed by atoms with E-state index >= 15 is 0 Å². The Balaban J connectivity index is 2.00. The average Bonchev–Trinajstić information content (AvgIpc) is 2.77. The van der Waals surface area contributed by atoms with Gasteiger partial charge in [-0.2, -0.15) is 4.98 Å². The number of carbonyl (C=O) groups excluding carboxylic acids is 1. The van der Waals surface area contributed by atoms with Gasteiger partial charge in [0.05, 0.1) is 5.69 Å². The summed E-state index contributed by atoms with van der Waals surface area (Å²) in [6.45, 7) is 1.62. The van der Waals surface area contributed by atoms with Crippen LogP contribution in [0.4, 0.5) is 6.01 Å². The van der Waals surface area contributed by atoms with Crippen molar-refractivity contribution in [1.82, 2.24) is 4.98 Å². The highest BCUT2D eigenvalue weighted by Crippen LogP contribution is 2.15. The van der Waals surface area contributed by atoms with Gasteiger partial charge in [-0.15, -0.1) is 0 Å². The number of aliphatic carboxylic acids is 1. The van der Waals surface area contributed by atoms with Crippen molar-refractivity contribution in [3.63, 3.8) is 0 Å². The highest BCUT2D eigenvalue weighted by molar-refractivity contribution is 6.00. The van der Waals surface area contributed by atoms with Crippen molar-refractivity contribution in [1.29, 1.82) is 0 Å². The zero-order chi connectivity index (χ0) is 15.2. The minimum absolute atomic E-state index is 0.00791. The Hall–Kier alpha value is -2.89. The second kappa shape index (κ2) is 6.51. The molecule has 6 nitrogen and oxygen atoms in total. The standard InChI is InChI=1S/C15H14N2O4/c1-10-12(9-14(19)20)21-15(16-10)17-13(18)8-7-11-5-3-2-4-6-11/h2-8H,9H2,1H3,(H,19,20)(H,16,17,18)/b8-7+. The molecule has 0 unspecified atom stereocenters. The van der Waals surface area contributed by atoms with Crippen molar-refractivity contribution in [3.05, 3.63) is 53.4 Å². The fourth-order valence-corrected chi connectivity index (χ4v) is 1.67. The predicted octanol–water partition coefficient (Wildman–Crippen LogP) is 2.26. The number of nitrogens with zero attached hydrogens (tertiary/aromatic N) is 1. The van der Waals surface area contributed by atoms with Crippen LogP contribution in [0, 0.1) is 6.92 Å². The van der Waals surface area contributed by atoms with E-state index in [1.165, 1.54) is 6.08 Å². The van der Waals surface area contributed by atoms with Gasteiger partial charge in [-0.25, -0.2) is 0 Å². The summed E-state index contributed by atoms with van der Waals surface area (Å²) < 4.78 is 5.19. The number of nitrogens with one attached hydrogen (secondary N) is 1. The van der Waals surface area contributed by atoms with Gasteiger partial charge in [-0.3, -0.25) is 14.9 Å². The molecule has 108 valence electrons. The molecular formula is C15H14N2O4. The third-order valence-corrected chi connectivity index (χ3v) is 2.66. The molecule has 6 heteroatoms. The number of aryl methyl sites for hydroxylation is 1. The first-order valence-electron chi connectivity index (χ1n) is 6.27. The van der Waals surface area contributed by atoms with Gasteiger partial charge in [-0.05, 0) is 18.6 Å². The number of rotatable bonds is 5. The van der Waals surface area contributed by atoms with Crippen LogP contribution in [0.3, 0.4) is 0 Å². The smallest absolute Gasteiger partial charge is 0.311 e. The van der Waals surface area contributed by atoms with Gasteiger partial charge < -0.3 is 9.52 Å². The van der Waals surface area contributed by atoms with E-state index in [0.29, 0.717) is 5.69 Å². The van der Waals surface area contributed by atoms with Gasteiger partial charge in [0.15, 0.2) is 0 Å². The maximum atomic E-state index is 11.7. The Morgan fingerprint density at radius 1 is 1.33 bits per heavy atom. The molecule has 0 saturated heterocycles. The van der Waals surface area contributed by atoms with E-state index in [4.69, 9.17) is 9.52 Å². The van der Waals surface area contributed by atoms with Crippen LogP contribution >= 0.6 is 0 Å². The molecule has 0 aliphatic carbocycles. The lowest BCUT2D eigenvalue weighted by atomic mass is 10.2. The lowest BCUT2D eigenvalue weighted by Crippen LogP contribution is -2.07. The third-order valence-electron chi connectivity index (χ3n) is 2.66. The van der Waals surface area contributed by atoms with Crippen LogP contribution in [0.15, 0.2) is 40.8 Å². The molecule has 1 aromatic carbocycles. The summed E-state index contributed by atoms with van der Waals surface area (Å²) in [5.74, 6) is -1.19. The molecule has 0 spiro atoms. The molecular weight excluding hydrogens is 272 g/mol. The van der Waals surface area contributed by atoms with Crippen LogP contribution in [-0.4, -0.2) is 22.0 Å². The number of aromatic nitrogens is 1. The van der Waals surface area contributed by atoms with Gasteiger partial charge >= 0.3 is 12.0 Å². The van der Waals surface area contributed by atoms with E-state index in [0.717, 1.165) is 5.56 Å². The second-order valence-electron chi connectivity index (χ2n) is 4.33. The first-order valence-corrected chi connectivity index (χ1v) is 6.27. The van der Waals surface area contributed by atoms with Crippen LogP contribution in [0.1, 0.15) is 17.0 Å². The van der Waals surface area contributed by atoms with Crippen LogP contribution in [0.5, 0.6) is 0 Å². The topological polar surface area (TPSA) is 92.4 Å². The molecule has 0 atom stereocenters. The lowest BCUT2D eigenvalue weighted by Gasteiger charge is -1.95. The monoisotopic (exact) mass is 286 g/mol. The summed E-state index contributed by atoms with van der Waals surface area (Å²) in [6.07, 6.45) is 2.74. The Bertz CT molecular complexity index is 674. The maximum Gasteiger partial charge on any atom is 0.311 e. The van der Waals surface area contributed by atoms with Crippen LogP contribution in [0.25, 0.3) is 6.08 Å². The normalized spacial score (nSPS) is 10.7. The van der Waals surface area contributed by atoms with Gasteiger partial charge in [-0.1, -0.05) is 30.3 Å². The van der Waals surface area contributed by atoms with E-state index in [1.807, 2.05) is 30.3 Å². The Morgan fingerprint density at radius 3 is 2.71 bits per heavy atom. The van der Waals surface area contributed by atoms with Gasteiger partial charge in [0.2, 0.25) is 0 Å². The summed E-state index contributed by atoms with van der Waals surface area (Å²) in [6, 6.07) is 9.34. The molecule has 21 heavy (non-hydrogen) atoms. The van der Waals surface area contributed by atoms with Crippen molar-refractivity contribution in [2.24, 2.45) is 0 Å². The number of benzene rings is 1. The number of hydrogen-bond acceptors (Lipinski definition) is 4. The molecule has 2 aromatic rings. The Morgan fingerprint density at radius 2 is 2.05 bits per heavy atom. The highest BCUT2D eigenvalue weighted by Gasteiger charge is 2.13. The summed E-state index contributed by atoms with van der Waals surface area (Å²) in [5, 5.41) is 11.2. The summed E-state index contributed by atoms with van der Waals surface area (Å²) in [5.41, 5.74) is 1.34. The molecule has 1 aromatic heterocycles. The van der Waals surface area contributed by atoms with Gasteiger partial charge in [0.25, 0.3) is 5.91 Å². The number of carboxylic acid groups (broad SMARTS) is 1. The fourth-order valence-electron chi connectivity index (χ4n) is 1.67. The van der Waals surface area contributed by atoms with Crippen molar-refractivity contribution in [2.45, 2.75) is 13.3 Å². The molecule has 1 amide bonds. The molecule has 0 fully saturated rings. The Labute approximate surface area is 121 Å². The quantitative estimate of drug-likeness (QED) is 0.822. The molecule has 0 saturated carbocycles. The largest absolute Gasteiger partial charge is 0.481 e. The van der Waals surface area contributed by atoms with Gasteiger partial charge in [0, 0.05) is 6.08 Å². The van der Waals surface area contributed by atoms with E-state index in [1.54, 1.807) is 13.0 Å². The van der Waals surface area contributed by atoms with Crippen molar-refractivity contribution in [3.8, 4) is 0 Å². The molecule has 0 radical (unpaired) electrons. The number of carboxylic acids is 1. The number of carbonyl (C=O) groups is 2. The first-order chi connectivity index (χ1) is 10.0. The average molecular weight is 286 g/mol. The van der Waals surface area contributed by atoms with Crippen LogP contribution in [0.2, 0.25) is 0 Å². The number of anilines is 1. The summed E-state index contributed by atoms with van der Waals surface area (Å²) in [7, 11) is 0. The summed E-state index contributed by atoms with van der Waals surface area (Å²) >= 11 is 0. The SMILES string of the molecule is Cc1nc(NC(=O)/C=C/c2ccccc2)oc1CC(=O)O. The Kier molecular flexibility index (Phi) is 4.50. The van der Waals surface area contributed by atoms with Crippen LogP contribution < -0.4 is 5.32 Å². The number of oxazole rings is 1. The molecule has 0 aliphatic heterocycles. The minimum Gasteiger partial charge on any atom is -0.481 e. The lowest BCUT2D eigenvalue weighted by molar-refractivity contribution is -0.136. The zero-order valence-corrected chi connectivity index (χ0v) is 11.4. The number of hydrogen-bond donors (Lipinski definition) is 2. The van der Waals surface area contributed by atoms with Crippen LogP contribution in [-0.2, 0) is 16.0 Å². The molecule has 0 aliphatic rings. The maximum absolute atomic E-state index is 11.7. The predicted molar refractivity (Wildman–Crippen MR) is 76.7 cm³/mol. The van der Waals surface area contributed by atoms with Crippen molar-refractivity contribution in [2.75, 3.05) is 5.32 Å². The minimum atomic E-state index is -1.02. The van der Waals surface area contributed by atoms with E-state index < -0.39 is 11.9 Å². The van der Waals surface area contributed by atoms with Crippen molar-refractivity contribution >= 4 is 24.0 Å². The molecule has 0 bridgehead atoms. The second-order valence-corrected chi connectivity index (χ2v) is 4.33. The highest BCUT2D eigenvalue weighted by atomic mass is 16.4. The summed E-state index contributed by atoms with van der Waals surface area (Å²) in [4.78, 5) is 26.3. The molecule has 1 heterocycles. The molecule has 2 N–H and O–H groups in total. The molecule has 2 rings (SSSR count). The van der Waals surface area contributed by atoms with E-state index in [-0.39, 0.29) is 18.2 Å². The van der Waals surface area contributed by atoms with E-state index in [9.17, 15) is 9.59 Å².